The van der Waals surface area contributed by atoms with Gasteiger partial charge in [0, 0.05) is 12.8 Å². The first-order chi connectivity index (χ1) is 7.65. The van der Waals surface area contributed by atoms with Crippen LogP contribution in [0, 0.1) is 11.7 Å². The minimum atomic E-state index is -0.371. The van der Waals surface area contributed by atoms with Crippen molar-refractivity contribution in [1.82, 2.24) is 0 Å². The van der Waals surface area contributed by atoms with Crippen LogP contribution in [0.1, 0.15) is 31.2 Å². The van der Waals surface area contributed by atoms with E-state index in [-0.39, 0.29) is 10.8 Å². The third-order valence-electron chi connectivity index (χ3n) is 3.17. The summed E-state index contributed by atoms with van der Waals surface area (Å²) in [6.07, 6.45) is 4.19. The molecule has 1 aliphatic rings. The summed E-state index contributed by atoms with van der Waals surface area (Å²) in [6.45, 7) is 0. The highest BCUT2D eigenvalue weighted by Gasteiger charge is 2.19. The molecule has 1 saturated carbocycles. The SMILES string of the molecule is O=C1CCC(Cc2ccc(F)c(Cl)c2)CC1. The molecular formula is C13H14ClFO. The monoisotopic (exact) mass is 240 g/mol. The van der Waals surface area contributed by atoms with Crippen molar-refractivity contribution in [2.75, 3.05) is 0 Å². The summed E-state index contributed by atoms with van der Waals surface area (Å²) in [5, 5.41) is 0.185. The first-order valence-electron chi connectivity index (χ1n) is 5.61. The second-order valence-corrected chi connectivity index (χ2v) is 4.84. The van der Waals surface area contributed by atoms with Crippen molar-refractivity contribution in [3.8, 4) is 0 Å². The Balaban J connectivity index is 1.98. The topological polar surface area (TPSA) is 17.1 Å². The molecule has 0 spiro atoms. The van der Waals surface area contributed by atoms with Gasteiger partial charge in [-0.05, 0) is 42.9 Å². The summed E-state index contributed by atoms with van der Waals surface area (Å²) < 4.78 is 13.0. The van der Waals surface area contributed by atoms with Crippen molar-refractivity contribution >= 4 is 17.4 Å². The molecule has 0 heterocycles. The van der Waals surface area contributed by atoms with Crippen molar-refractivity contribution in [2.45, 2.75) is 32.1 Å². The summed E-state index contributed by atoms with van der Waals surface area (Å²) in [5.74, 6) is 0.539. The van der Waals surface area contributed by atoms with Crippen LogP contribution >= 0.6 is 11.6 Å². The smallest absolute Gasteiger partial charge is 0.141 e. The van der Waals surface area contributed by atoms with E-state index in [1.54, 1.807) is 12.1 Å². The summed E-state index contributed by atoms with van der Waals surface area (Å²) in [7, 11) is 0. The summed E-state index contributed by atoms with van der Waals surface area (Å²) in [5.41, 5.74) is 1.06. The number of carbonyl (C=O) groups excluding carboxylic acids is 1. The van der Waals surface area contributed by atoms with Gasteiger partial charge in [-0.25, -0.2) is 4.39 Å². The summed E-state index contributed by atoms with van der Waals surface area (Å²) in [6, 6.07) is 4.87. The molecule has 0 unspecified atom stereocenters. The van der Waals surface area contributed by atoms with Crippen LogP contribution < -0.4 is 0 Å². The number of halogens is 2. The van der Waals surface area contributed by atoms with Crippen molar-refractivity contribution < 1.29 is 9.18 Å². The number of benzene rings is 1. The second-order valence-electron chi connectivity index (χ2n) is 4.43. The Bertz CT molecular complexity index is 393. The lowest BCUT2D eigenvalue weighted by Gasteiger charge is -2.20. The van der Waals surface area contributed by atoms with E-state index in [0.29, 0.717) is 24.5 Å². The molecule has 16 heavy (non-hydrogen) atoms. The van der Waals surface area contributed by atoms with Crippen LogP contribution in [0.25, 0.3) is 0 Å². The fourth-order valence-corrected chi connectivity index (χ4v) is 2.41. The molecule has 0 bridgehead atoms. The molecule has 1 aromatic carbocycles. The van der Waals surface area contributed by atoms with Crippen molar-refractivity contribution in [1.29, 1.82) is 0 Å². The van der Waals surface area contributed by atoms with E-state index in [4.69, 9.17) is 11.6 Å². The number of carbonyl (C=O) groups is 1. The van der Waals surface area contributed by atoms with Crippen molar-refractivity contribution in [2.24, 2.45) is 5.92 Å². The highest BCUT2D eigenvalue weighted by Crippen LogP contribution is 2.26. The maximum atomic E-state index is 13.0. The van der Waals surface area contributed by atoms with Gasteiger partial charge in [0.25, 0.3) is 0 Å². The molecule has 0 aromatic heterocycles. The lowest BCUT2D eigenvalue weighted by atomic mass is 9.84. The molecule has 0 N–H and O–H groups in total. The predicted molar refractivity (Wildman–Crippen MR) is 62.1 cm³/mol. The highest BCUT2D eigenvalue weighted by atomic mass is 35.5. The zero-order valence-electron chi connectivity index (χ0n) is 9.01. The Hall–Kier alpha value is -0.890. The molecule has 1 aliphatic carbocycles. The van der Waals surface area contributed by atoms with Gasteiger partial charge in [0.05, 0.1) is 5.02 Å². The average Bonchev–Trinajstić information content (AvgIpc) is 2.27. The van der Waals surface area contributed by atoms with Crippen LogP contribution in [0.15, 0.2) is 18.2 Å². The van der Waals surface area contributed by atoms with Gasteiger partial charge in [-0.2, -0.15) is 0 Å². The largest absolute Gasteiger partial charge is 0.300 e. The van der Waals surface area contributed by atoms with E-state index in [9.17, 15) is 9.18 Å². The molecule has 0 radical (unpaired) electrons. The third-order valence-corrected chi connectivity index (χ3v) is 3.46. The lowest BCUT2D eigenvalue weighted by molar-refractivity contribution is -0.120. The van der Waals surface area contributed by atoms with Gasteiger partial charge in [-0.1, -0.05) is 17.7 Å². The van der Waals surface area contributed by atoms with Gasteiger partial charge in [0.2, 0.25) is 0 Å². The van der Waals surface area contributed by atoms with E-state index in [0.717, 1.165) is 24.8 Å². The second kappa shape index (κ2) is 4.96. The molecule has 0 atom stereocenters. The van der Waals surface area contributed by atoms with E-state index in [2.05, 4.69) is 0 Å². The van der Waals surface area contributed by atoms with Gasteiger partial charge >= 0.3 is 0 Å². The number of Topliss-reactive ketones (excluding diaryl/α,β-unsaturated/α-hetero) is 1. The standard InChI is InChI=1S/C13H14ClFO/c14-12-8-10(3-6-13(12)15)7-9-1-4-11(16)5-2-9/h3,6,8-9H,1-2,4-5,7H2. The Morgan fingerprint density at radius 3 is 2.62 bits per heavy atom. The summed E-state index contributed by atoms with van der Waals surface area (Å²) in [4.78, 5) is 11.1. The zero-order chi connectivity index (χ0) is 11.5. The van der Waals surface area contributed by atoms with E-state index >= 15 is 0 Å². The van der Waals surface area contributed by atoms with Crippen molar-refractivity contribution in [3.05, 3.63) is 34.6 Å². The number of rotatable bonds is 2. The van der Waals surface area contributed by atoms with E-state index in [1.807, 2.05) is 0 Å². The van der Waals surface area contributed by atoms with E-state index < -0.39 is 0 Å². The maximum Gasteiger partial charge on any atom is 0.141 e. The van der Waals surface area contributed by atoms with Crippen LogP contribution in [0.5, 0.6) is 0 Å². The zero-order valence-corrected chi connectivity index (χ0v) is 9.77. The Morgan fingerprint density at radius 1 is 1.31 bits per heavy atom. The Labute approximate surface area is 99.6 Å². The molecule has 2 rings (SSSR count). The van der Waals surface area contributed by atoms with Gasteiger partial charge < -0.3 is 0 Å². The minimum absolute atomic E-state index is 0.185. The molecule has 1 fully saturated rings. The van der Waals surface area contributed by atoms with Crippen LogP contribution in [0.3, 0.4) is 0 Å². The normalized spacial score (nSPS) is 17.8. The first-order valence-corrected chi connectivity index (χ1v) is 5.98. The van der Waals surface area contributed by atoms with E-state index in [1.165, 1.54) is 6.07 Å². The molecule has 0 amide bonds. The van der Waals surface area contributed by atoms with Crippen molar-refractivity contribution in [3.63, 3.8) is 0 Å². The van der Waals surface area contributed by atoms with Gasteiger partial charge in [-0.3, -0.25) is 4.79 Å². The minimum Gasteiger partial charge on any atom is -0.300 e. The fraction of sp³-hybridized carbons (Fsp3) is 0.462. The molecule has 0 aliphatic heterocycles. The predicted octanol–water partition coefficient (Wildman–Crippen LogP) is 3.78. The molecular weight excluding hydrogens is 227 g/mol. The quantitative estimate of drug-likeness (QED) is 0.769. The van der Waals surface area contributed by atoms with Crippen LogP contribution in [-0.4, -0.2) is 5.78 Å². The molecule has 1 aromatic rings. The van der Waals surface area contributed by atoms with Gasteiger partial charge in [0.1, 0.15) is 11.6 Å². The Morgan fingerprint density at radius 2 is 2.00 bits per heavy atom. The average molecular weight is 241 g/mol. The first kappa shape index (κ1) is 11.6. The van der Waals surface area contributed by atoms with Gasteiger partial charge in [0.15, 0.2) is 0 Å². The van der Waals surface area contributed by atoms with Crippen LogP contribution in [0.2, 0.25) is 5.02 Å². The van der Waals surface area contributed by atoms with Crippen LogP contribution in [0.4, 0.5) is 4.39 Å². The maximum absolute atomic E-state index is 13.0. The summed E-state index contributed by atoms with van der Waals surface area (Å²) >= 11 is 5.73. The number of hydrogen-bond acceptors (Lipinski definition) is 1. The number of hydrogen-bond donors (Lipinski definition) is 0. The molecule has 0 saturated heterocycles. The number of ketones is 1. The van der Waals surface area contributed by atoms with Gasteiger partial charge in [-0.15, -0.1) is 0 Å². The molecule has 86 valence electrons. The highest BCUT2D eigenvalue weighted by molar-refractivity contribution is 6.30. The van der Waals surface area contributed by atoms with Crippen LogP contribution in [-0.2, 0) is 11.2 Å². The molecule has 3 heteroatoms. The fourth-order valence-electron chi connectivity index (χ4n) is 2.20. The molecule has 1 nitrogen and oxygen atoms in total. The lowest BCUT2D eigenvalue weighted by Crippen LogP contribution is -2.15. The third kappa shape index (κ3) is 2.82. The Kier molecular flexibility index (Phi) is 3.59.